The van der Waals surface area contributed by atoms with Crippen molar-refractivity contribution in [3.63, 3.8) is 0 Å². The monoisotopic (exact) mass is 162 g/mol. The van der Waals surface area contributed by atoms with E-state index in [-0.39, 0.29) is 0 Å². The Kier molecular flexibility index (Phi) is 3.70. The minimum Gasteiger partial charge on any atom is -0.481 e. The van der Waals surface area contributed by atoms with Gasteiger partial charge in [-0.05, 0) is 6.92 Å². The summed E-state index contributed by atoms with van der Waals surface area (Å²) in [4.78, 5) is 20.8. The van der Waals surface area contributed by atoms with E-state index in [0.717, 1.165) is 6.92 Å². The van der Waals surface area contributed by atoms with Crippen molar-refractivity contribution in [1.82, 2.24) is 0 Å². The molecular weight excluding hydrogens is 152 g/mol. The van der Waals surface area contributed by atoms with Gasteiger partial charge in [0.2, 0.25) is 0 Å². The van der Waals surface area contributed by atoms with Crippen LogP contribution in [0.2, 0.25) is 0 Å². The lowest BCUT2D eigenvalue weighted by Crippen LogP contribution is -2.36. The molecular formula is C6H10O5. The van der Waals surface area contributed by atoms with Gasteiger partial charge in [0.15, 0.2) is 0 Å². The van der Waals surface area contributed by atoms with E-state index in [1.165, 1.54) is 0 Å². The van der Waals surface area contributed by atoms with E-state index in [1.54, 1.807) is 0 Å². The van der Waals surface area contributed by atoms with E-state index in [1.807, 2.05) is 0 Å². The molecule has 0 saturated heterocycles. The molecule has 5 nitrogen and oxygen atoms in total. The van der Waals surface area contributed by atoms with E-state index in [4.69, 9.17) is 15.3 Å². The SMILES string of the molecule is CC(=O)C(C(=O)O)C(O)CO. The summed E-state index contributed by atoms with van der Waals surface area (Å²) in [5.41, 5.74) is 0. The topological polar surface area (TPSA) is 94.8 Å². The molecule has 0 aromatic carbocycles. The van der Waals surface area contributed by atoms with Crippen molar-refractivity contribution in [2.75, 3.05) is 6.61 Å². The van der Waals surface area contributed by atoms with Gasteiger partial charge in [-0.2, -0.15) is 0 Å². The van der Waals surface area contributed by atoms with Crippen molar-refractivity contribution in [2.24, 2.45) is 5.92 Å². The highest BCUT2D eigenvalue weighted by molar-refractivity contribution is 5.97. The first-order chi connectivity index (χ1) is 5.00. The zero-order chi connectivity index (χ0) is 9.02. The normalized spacial score (nSPS) is 15.5. The van der Waals surface area contributed by atoms with Gasteiger partial charge in [0, 0.05) is 0 Å². The predicted octanol–water partition coefficient (Wildman–Crippen LogP) is -1.37. The van der Waals surface area contributed by atoms with Crippen molar-refractivity contribution in [3.05, 3.63) is 0 Å². The van der Waals surface area contributed by atoms with Crippen LogP contribution < -0.4 is 0 Å². The van der Waals surface area contributed by atoms with Gasteiger partial charge in [0.05, 0.1) is 12.7 Å². The first-order valence-electron chi connectivity index (χ1n) is 3.03. The fraction of sp³-hybridized carbons (Fsp3) is 0.667. The highest BCUT2D eigenvalue weighted by Crippen LogP contribution is 2.04. The minimum atomic E-state index is -1.51. The summed E-state index contributed by atoms with van der Waals surface area (Å²) < 4.78 is 0. The number of hydrogen-bond donors (Lipinski definition) is 3. The number of ketones is 1. The molecule has 0 aliphatic rings. The smallest absolute Gasteiger partial charge is 0.316 e. The Hall–Kier alpha value is -0.940. The van der Waals surface area contributed by atoms with Gasteiger partial charge in [-0.1, -0.05) is 0 Å². The Morgan fingerprint density at radius 3 is 2.00 bits per heavy atom. The number of rotatable bonds is 4. The van der Waals surface area contributed by atoms with Crippen LogP contribution in [0, 0.1) is 5.92 Å². The Bertz CT molecular complexity index is 150. The molecule has 0 spiro atoms. The maximum absolute atomic E-state index is 10.5. The Balaban J connectivity index is 4.34. The third-order valence-electron chi connectivity index (χ3n) is 1.28. The molecule has 0 bridgehead atoms. The molecule has 2 atom stereocenters. The van der Waals surface area contributed by atoms with Gasteiger partial charge in [0.25, 0.3) is 0 Å². The predicted molar refractivity (Wildman–Crippen MR) is 34.9 cm³/mol. The highest BCUT2D eigenvalue weighted by Gasteiger charge is 2.30. The van der Waals surface area contributed by atoms with Crippen LogP contribution in [0.25, 0.3) is 0 Å². The average Bonchev–Trinajstić information content (AvgIpc) is 1.85. The molecule has 0 amide bonds. The number of aliphatic carboxylic acids is 1. The molecule has 2 unspecified atom stereocenters. The van der Waals surface area contributed by atoms with Crippen LogP contribution in [0.1, 0.15) is 6.92 Å². The quantitative estimate of drug-likeness (QED) is 0.443. The molecule has 0 aromatic heterocycles. The van der Waals surface area contributed by atoms with Crippen LogP contribution >= 0.6 is 0 Å². The summed E-state index contributed by atoms with van der Waals surface area (Å²) in [6, 6.07) is 0. The van der Waals surface area contributed by atoms with E-state index >= 15 is 0 Å². The Labute approximate surface area is 63.3 Å². The molecule has 0 aliphatic heterocycles. The van der Waals surface area contributed by atoms with E-state index in [0.29, 0.717) is 0 Å². The summed E-state index contributed by atoms with van der Waals surface area (Å²) in [5.74, 6) is -3.60. The summed E-state index contributed by atoms with van der Waals surface area (Å²) in [6.07, 6.45) is -1.51. The molecule has 0 saturated carbocycles. The number of hydrogen-bond acceptors (Lipinski definition) is 4. The maximum atomic E-state index is 10.5. The standard InChI is InChI=1S/C6H10O5/c1-3(8)5(6(10)11)4(9)2-7/h4-5,7,9H,2H2,1H3,(H,10,11). The van der Waals surface area contributed by atoms with Crippen LogP contribution in [0.15, 0.2) is 0 Å². The van der Waals surface area contributed by atoms with Crippen molar-refractivity contribution >= 4 is 11.8 Å². The van der Waals surface area contributed by atoms with Gasteiger partial charge >= 0.3 is 5.97 Å². The van der Waals surface area contributed by atoms with Crippen molar-refractivity contribution in [1.29, 1.82) is 0 Å². The summed E-state index contributed by atoms with van der Waals surface area (Å²) >= 11 is 0. The van der Waals surface area contributed by atoms with Crippen molar-refractivity contribution < 1.29 is 24.9 Å². The van der Waals surface area contributed by atoms with Gasteiger partial charge in [-0.15, -0.1) is 0 Å². The molecule has 3 N–H and O–H groups in total. The van der Waals surface area contributed by atoms with Crippen molar-refractivity contribution in [3.8, 4) is 0 Å². The molecule has 5 heteroatoms. The number of carbonyl (C=O) groups is 2. The lowest BCUT2D eigenvalue weighted by molar-refractivity contribution is -0.151. The number of Topliss-reactive ketones (excluding diaryl/α,β-unsaturated/α-hetero) is 1. The Morgan fingerprint density at radius 2 is 1.91 bits per heavy atom. The summed E-state index contributed by atoms with van der Waals surface area (Å²) in [7, 11) is 0. The van der Waals surface area contributed by atoms with Crippen LogP contribution in [0.4, 0.5) is 0 Å². The van der Waals surface area contributed by atoms with Crippen LogP contribution in [-0.4, -0.2) is 39.8 Å². The molecule has 11 heavy (non-hydrogen) atoms. The average molecular weight is 162 g/mol. The third-order valence-corrected chi connectivity index (χ3v) is 1.28. The number of aliphatic hydroxyl groups is 2. The zero-order valence-electron chi connectivity index (χ0n) is 6.02. The third kappa shape index (κ3) is 2.65. The van der Waals surface area contributed by atoms with Gasteiger partial charge in [-0.3, -0.25) is 9.59 Å². The Morgan fingerprint density at radius 1 is 1.45 bits per heavy atom. The number of carbonyl (C=O) groups excluding carboxylic acids is 1. The van der Waals surface area contributed by atoms with Gasteiger partial charge < -0.3 is 15.3 Å². The lowest BCUT2D eigenvalue weighted by atomic mass is 9.99. The lowest BCUT2D eigenvalue weighted by Gasteiger charge is -2.12. The fourth-order valence-corrected chi connectivity index (χ4v) is 0.715. The van der Waals surface area contributed by atoms with E-state index in [2.05, 4.69) is 0 Å². The molecule has 0 rings (SSSR count). The second-order valence-electron chi connectivity index (χ2n) is 2.18. The molecule has 0 radical (unpaired) electrons. The molecule has 0 aliphatic carbocycles. The van der Waals surface area contributed by atoms with Crippen LogP contribution in [0.3, 0.4) is 0 Å². The van der Waals surface area contributed by atoms with E-state index < -0.39 is 30.4 Å². The minimum absolute atomic E-state index is 0.668. The van der Waals surface area contributed by atoms with Crippen molar-refractivity contribution in [2.45, 2.75) is 13.0 Å². The number of carboxylic acids is 1. The van der Waals surface area contributed by atoms with Gasteiger partial charge in [-0.25, -0.2) is 0 Å². The maximum Gasteiger partial charge on any atom is 0.316 e. The second kappa shape index (κ2) is 4.05. The van der Waals surface area contributed by atoms with Gasteiger partial charge in [0.1, 0.15) is 11.7 Å². The first kappa shape index (κ1) is 10.1. The molecule has 0 fully saturated rings. The van der Waals surface area contributed by atoms with Crippen LogP contribution in [0.5, 0.6) is 0 Å². The molecule has 0 aromatic rings. The van der Waals surface area contributed by atoms with Crippen LogP contribution in [-0.2, 0) is 9.59 Å². The number of carboxylic acid groups (broad SMARTS) is 1. The molecule has 0 heterocycles. The van der Waals surface area contributed by atoms with E-state index in [9.17, 15) is 9.59 Å². The molecule has 64 valence electrons. The second-order valence-corrected chi connectivity index (χ2v) is 2.18. The highest BCUT2D eigenvalue weighted by atomic mass is 16.4. The fourth-order valence-electron chi connectivity index (χ4n) is 0.715. The first-order valence-corrected chi connectivity index (χ1v) is 3.03. The number of aliphatic hydroxyl groups excluding tert-OH is 2. The summed E-state index contributed by atoms with van der Waals surface area (Å²) in [5, 5.41) is 25.5. The zero-order valence-corrected chi connectivity index (χ0v) is 6.02. The summed E-state index contributed by atoms with van der Waals surface area (Å²) in [6.45, 7) is 0.328. The largest absolute Gasteiger partial charge is 0.481 e.